The van der Waals surface area contributed by atoms with Crippen molar-refractivity contribution in [1.29, 1.82) is 0 Å². The predicted molar refractivity (Wildman–Crippen MR) is 98.8 cm³/mol. The Bertz CT molecular complexity index is 871. The van der Waals surface area contributed by atoms with Crippen LogP contribution in [0.1, 0.15) is 22.7 Å². The number of hydrogen-bond acceptors (Lipinski definition) is 4. The van der Waals surface area contributed by atoms with E-state index in [0.29, 0.717) is 5.52 Å². The van der Waals surface area contributed by atoms with Crippen LogP contribution in [-0.4, -0.2) is 41.3 Å². The van der Waals surface area contributed by atoms with E-state index in [0.717, 1.165) is 37.3 Å². The molecule has 0 radical (unpaired) electrons. The van der Waals surface area contributed by atoms with Crippen LogP contribution >= 0.6 is 0 Å². The van der Waals surface area contributed by atoms with E-state index in [1.165, 1.54) is 11.1 Å². The SMILES string of the molecule is Cc1ccc(C(c2ccc3cccnc3c2O)N2CCOCC2)cc1. The Hall–Kier alpha value is -2.43. The molecule has 1 aromatic heterocycles. The molecule has 0 amide bonds. The zero-order chi connectivity index (χ0) is 17.2. The van der Waals surface area contributed by atoms with Crippen molar-refractivity contribution in [2.45, 2.75) is 13.0 Å². The molecule has 0 aliphatic carbocycles. The van der Waals surface area contributed by atoms with E-state index in [1.54, 1.807) is 6.20 Å². The second-order valence-electron chi connectivity index (χ2n) is 6.54. The molecule has 2 aromatic carbocycles. The summed E-state index contributed by atoms with van der Waals surface area (Å²) in [7, 11) is 0. The third-order valence-electron chi connectivity index (χ3n) is 4.88. The molecule has 4 heteroatoms. The minimum absolute atomic E-state index is 0.00379. The number of hydrogen-bond donors (Lipinski definition) is 1. The highest BCUT2D eigenvalue weighted by Crippen LogP contribution is 2.38. The third-order valence-corrected chi connectivity index (χ3v) is 4.88. The molecule has 1 aliphatic rings. The lowest BCUT2D eigenvalue weighted by Crippen LogP contribution is -2.39. The highest BCUT2D eigenvalue weighted by molar-refractivity contribution is 5.85. The molecule has 1 saturated heterocycles. The lowest BCUT2D eigenvalue weighted by atomic mass is 9.94. The Morgan fingerprint density at radius 2 is 1.80 bits per heavy atom. The van der Waals surface area contributed by atoms with Crippen molar-refractivity contribution >= 4 is 10.9 Å². The molecular weight excluding hydrogens is 312 g/mol. The largest absolute Gasteiger partial charge is 0.505 e. The summed E-state index contributed by atoms with van der Waals surface area (Å²) in [5.41, 5.74) is 3.97. The number of phenols is 1. The molecule has 1 unspecified atom stereocenters. The number of aryl methyl sites for hydroxylation is 1. The molecule has 0 saturated carbocycles. The van der Waals surface area contributed by atoms with E-state index < -0.39 is 0 Å². The van der Waals surface area contributed by atoms with Gasteiger partial charge in [0.2, 0.25) is 0 Å². The van der Waals surface area contributed by atoms with Crippen molar-refractivity contribution in [1.82, 2.24) is 9.88 Å². The molecule has 1 N–H and O–H groups in total. The molecule has 4 rings (SSSR count). The van der Waals surface area contributed by atoms with Gasteiger partial charge in [-0.05, 0) is 18.6 Å². The van der Waals surface area contributed by atoms with Crippen LogP contribution in [0.3, 0.4) is 0 Å². The summed E-state index contributed by atoms with van der Waals surface area (Å²) in [6.45, 7) is 5.21. The molecule has 2 heterocycles. The highest BCUT2D eigenvalue weighted by atomic mass is 16.5. The first kappa shape index (κ1) is 16.1. The summed E-state index contributed by atoms with van der Waals surface area (Å²) in [5, 5.41) is 11.9. The fraction of sp³-hybridized carbons (Fsp3) is 0.286. The van der Waals surface area contributed by atoms with Crippen molar-refractivity contribution in [3.8, 4) is 5.75 Å². The van der Waals surface area contributed by atoms with E-state index in [1.807, 2.05) is 24.3 Å². The van der Waals surface area contributed by atoms with Crippen LogP contribution in [0.25, 0.3) is 10.9 Å². The molecular formula is C21H22N2O2. The summed E-state index contributed by atoms with van der Waals surface area (Å²) in [6.07, 6.45) is 1.72. The molecule has 4 nitrogen and oxygen atoms in total. The van der Waals surface area contributed by atoms with Crippen molar-refractivity contribution in [3.63, 3.8) is 0 Å². The van der Waals surface area contributed by atoms with Gasteiger partial charge in [0, 0.05) is 30.2 Å². The molecule has 0 bridgehead atoms. The van der Waals surface area contributed by atoms with Gasteiger partial charge in [-0.3, -0.25) is 9.88 Å². The minimum atomic E-state index is -0.00379. The van der Waals surface area contributed by atoms with Gasteiger partial charge in [-0.2, -0.15) is 0 Å². The summed E-state index contributed by atoms with van der Waals surface area (Å²) in [4.78, 5) is 6.76. The number of ether oxygens (including phenoxy) is 1. The maximum atomic E-state index is 10.9. The number of nitrogens with zero attached hydrogens (tertiary/aromatic N) is 2. The van der Waals surface area contributed by atoms with E-state index in [9.17, 15) is 5.11 Å². The Labute approximate surface area is 147 Å². The van der Waals surface area contributed by atoms with Crippen molar-refractivity contribution in [3.05, 3.63) is 71.4 Å². The van der Waals surface area contributed by atoms with E-state index >= 15 is 0 Å². The van der Waals surface area contributed by atoms with Gasteiger partial charge in [-0.15, -0.1) is 0 Å². The molecule has 1 atom stereocenters. The van der Waals surface area contributed by atoms with Crippen LogP contribution in [-0.2, 0) is 4.74 Å². The molecule has 1 fully saturated rings. The maximum absolute atomic E-state index is 10.9. The standard InChI is InChI=1S/C21H22N2O2/c1-15-4-6-17(7-5-15)20(23-11-13-25-14-12-23)18-9-8-16-3-2-10-22-19(16)21(18)24/h2-10,20,24H,11-14H2,1H3. The minimum Gasteiger partial charge on any atom is -0.505 e. The third kappa shape index (κ3) is 3.11. The summed E-state index contributed by atoms with van der Waals surface area (Å²) >= 11 is 0. The molecule has 3 aromatic rings. The quantitative estimate of drug-likeness (QED) is 0.794. The molecule has 1 aliphatic heterocycles. The van der Waals surface area contributed by atoms with Crippen LogP contribution in [0.4, 0.5) is 0 Å². The summed E-state index contributed by atoms with van der Waals surface area (Å²) in [5.74, 6) is 0.273. The number of benzene rings is 2. The number of rotatable bonds is 3. The molecule has 0 spiro atoms. The van der Waals surface area contributed by atoms with Crippen LogP contribution in [0, 0.1) is 6.92 Å². The van der Waals surface area contributed by atoms with Gasteiger partial charge < -0.3 is 9.84 Å². The first-order chi connectivity index (χ1) is 12.2. The topological polar surface area (TPSA) is 45.6 Å². The Morgan fingerprint density at radius 3 is 2.56 bits per heavy atom. The number of morpholine rings is 1. The van der Waals surface area contributed by atoms with Crippen molar-refractivity contribution in [2.75, 3.05) is 26.3 Å². The van der Waals surface area contributed by atoms with Gasteiger partial charge in [-0.25, -0.2) is 0 Å². The normalized spacial score (nSPS) is 16.8. The van der Waals surface area contributed by atoms with Gasteiger partial charge >= 0.3 is 0 Å². The summed E-state index contributed by atoms with van der Waals surface area (Å²) < 4.78 is 5.52. The lowest BCUT2D eigenvalue weighted by Gasteiger charge is -2.35. The Morgan fingerprint density at radius 1 is 1.04 bits per heavy atom. The summed E-state index contributed by atoms with van der Waals surface area (Å²) in [6, 6.07) is 16.5. The zero-order valence-corrected chi connectivity index (χ0v) is 14.4. The Balaban J connectivity index is 1.85. The van der Waals surface area contributed by atoms with Gasteiger partial charge in [0.1, 0.15) is 11.3 Å². The average Bonchev–Trinajstić information content (AvgIpc) is 2.66. The predicted octanol–water partition coefficient (Wildman–Crippen LogP) is 3.67. The fourth-order valence-corrected chi connectivity index (χ4v) is 3.54. The second kappa shape index (κ2) is 6.82. The first-order valence-corrected chi connectivity index (χ1v) is 8.69. The Kier molecular flexibility index (Phi) is 4.38. The van der Waals surface area contributed by atoms with Gasteiger partial charge in [0.15, 0.2) is 0 Å². The molecule has 128 valence electrons. The van der Waals surface area contributed by atoms with E-state index in [-0.39, 0.29) is 11.8 Å². The fourth-order valence-electron chi connectivity index (χ4n) is 3.54. The van der Waals surface area contributed by atoms with E-state index in [2.05, 4.69) is 41.1 Å². The lowest BCUT2D eigenvalue weighted by molar-refractivity contribution is 0.0236. The van der Waals surface area contributed by atoms with Crippen LogP contribution in [0.2, 0.25) is 0 Å². The monoisotopic (exact) mass is 334 g/mol. The van der Waals surface area contributed by atoms with Crippen molar-refractivity contribution < 1.29 is 9.84 Å². The number of fused-ring (bicyclic) bond motifs is 1. The number of pyridine rings is 1. The van der Waals surface area contributed by atoms with Gasteiger partial charge in [-0.1, -0.05) is 48.0 Å². The van der Waals surface area contributed by atoms with Crippen LogP contribution < -0.4 is 0 Å². The average molecular weight is 334 g/mol. The number of aromatic hydroxyl groups is 1. The second-order valence-corrected chi connectivity index (χ2v) is 6.54. The van der Waals surface area contributed by atoms with E-state index in [4.69, 9.17) is 4.74 Å². The molecule has 25 heavy (non-hydrogen) atoms. The highest BCUT2D eigenvalue weighted by Gasteiger charge is 2.27. The van der Waals surface area contributed by atoms with Crippen molar-refractivity contribution in [2.24, 2.45) is 0 Å². The number of phenolic OH excluding ortho intramolecular Hbond substituents is 1. The number of aromatic nitrogens is 1. The smallest absolute Gasteiger partial charge is 0.146 e. The van der Waals surface area contributed by atoms with Crippen LogP contribution in [0.5, 0.6) is 5.75 Å². The first-order valence-electron chi connectivity index (χ1n) is 8.69. The van der Waals surface area contributed by atoms with Gasteiger partial charge in [0.05, 0.1) is 19.3 Å². The maximum Gasteiger partial charge on any atom is 0.146 e. The van der Waals surface area contributed by atoms with Gasteiger partial charge in [0.25, 0.3) is 0 Å². The van der Waals surface area contributed by atoms with Crippen LogP contribution in [0.15, 0.2) is 54.7 Å². The zero-order valence-electron chi connectivity index (χ0n) is 14.4.